The van der Waals surface area contributed by atoms with E-state index in [9.17, 15) is 4.21 Å². The third kappa shape index (κ3) is 2.18. The second-order valence-corrected chi connectivity index (χ2v) is 4.52. The maximum Gasteiger partial charge on any atom is 0.122 e. The molecule has 82 valence electrons. The van der Waals surface area contributed by atoms with Crippen molar-refractivity contribution in [3.63, 3.8) is 0 Å². The van der Waals surface area contributed by atoms with Gasteiger partial charge >= 0.3 is 0 Å². The number of benzene rings is 1. The predicted octanol–water partition coefficient (Wildman–Crippen LogP) is 2.04. The van der Waals surface area contributed by atoms with E-state index in [1.54, 1.807) is 18.3 Å². The van der Waals surface area contributed by atoms with E-state index in [1.807, 2.05) is 31.2 Å². The van der Waals surface area contributed by atoms with E-state index < -0.39 is 11.0 Å². The number of nitrogens with zero attached hydrogens (tertiary/aromatic N) is 1. The molecule has 0 saturated heterocycles. The van der Waals surface area contributed by atoms with Crippen LogP contribution < -0.4 is 5.14 Å². The Hall–Kier alpha value is -1.52. The zero-order chi connectivity index (χ0) is 11.5. The van der Waals surface area contributed by atoms with Gasteiger partial charge in [0, 0.05) is 17.5 Å². The minimum Gasteiger partial charge on any atom is -0.261 e. The summed E-state index contributed by atoms with van der Waals surface area (Å²) in [5.74, 6) is 0. The maximum absolute atomic E-state index is 11.0. The molecule has 2 aromatic rings. The first-order chi connectivity index (χ1) is 7.68. The van der Waals surface area contributed by atoms with Gasteiger partial charge in [0.05, 0.1) is 4.90 Å². The number of aryl methyl sites for hydroxylation is 1. The van der Waals surface area contributed by atoms with Gasteiger partial charge in [-0.15, -0.1) is 0 Å². The zero-order valence-electron chi connectivity index (χ0n) is 8.88. The van der Waals surface area contributed by atoms with E-state index in [0.717, 1.165) is 16.8 Å². The number of pyridine rings is 1. The molecule has 2 rings (SSSR count). The van der Waals surface area contributed by atoms with Crippen LogP contribution in [0.5, 0.6) is 0 Å². The van der Waals surface area contributed by atoms with Crippen LogP contribution in [0.1, 0.15) is 5.69 Å². The summed E-state index contributed by atoms with van der Waals surface area (Å²) in [6, 6.07) is 11.3. The molecule has 0 aliphatic carbocycles. The number of nitrogens with two attached hydrogens (primary N) is 1. The smallest absolute Gasteiger partial charge is 0.122 e. The van der Waals surface area contributed by atoms with Crippen molar-refractivity contribution in [1.29, 1.82) is 0 Å². The topological polar surface area (TPSA) is 56.0 Å². The fraction of sp³-hybridized carbons (Fsp3) is 0.0833. The summed E-state index contributed by atoms with van der Waals surface area (Å²) in [5.41, 5.74) is 3.11. The van der Waals surface area contributed by atoms with Crippen LogP contribution in [0, 0.1) is 6.92 Å². The lowest BCUT2D eigenvalue weighted by Gasteiger charge is -2.05. The molecule has 4 heteroatoms. The Kier molecular flexibility index (Phi) is 3.12. The zero-order valence-corrected chi connectivity index (χ0v) is 9.70. The van der Waals surface area contributed by atoms with Crippen LogP contribution in [0.15, 0.2) is 47.5 Å². The lowest BCUT2D eigenvalue weighted by molar-refractivity contribution is 0.684. The van der Waals surface area contributed by atoms with E-state index in [4.69, 9.17) is 5.14 Å². The molecule has 1 aromatic carbocycles. The van der Waals surface area contributed by atoms with Crippen molar-refractivity contribution in [2.75, 3.05) is 0 Å². The first kappa shape index (κ1) is 11.0. The summed E-state index contributed by atoms with van der Waals surface area (Å²) in [6.45, 7) is 1.96. The largest absolute Gasteiger partial charge is 0.261 e. The molecular weight excluding hydrogens is 220 g/mol. The summed E-state index contributed by atoms with van der Waals surface area (Å²) in [6.07, 6.45) is 1.77. The molecule has 0 fully saturated rings. The molecule has 1 atom stereocenters. The summed E-state index contributed by atoms with van der Waals surface area (Å²) < 4.78 is 11.0. The molecule has 1 heterocycles. The Morgan fingerprint density at radius 3 is 2.44 bits per heavy atom. The molecule has 1 unspecified atom stereocenters. The molecule has 0 aliphatic rings. The normalized spacial score (nSPS) is 12.4. The van der Waals surface area contributed by atoms with Gasteiger partial charge < -0.3 is 0 Å². The fourth-order valence-electron chi connectivity index (χ4n) is 1.56. The van der Waals surface area contributed by atoms with Crippen LogP contribution in [0.4, 0.5) is 0 Å². The molecule has 0 saturated carbocycles. The number of hydrogen-bond acceptors (Lipinski definition) is 2. The number of hydrogen-bond donors (Lipinski definition) is 1. The minimum absolute atomic E-state index is 0.630. The molecule has 2 N–H and O–H groups in total. The van der Waals surface area contributed by atoms with E-state index in [2.05, 4.69) is 4.98 Å². The van der Waals surface area contributed by atoms with Gasteiger partial charge in [-0.05, 0) is 30.7 Å². The fourth-order valence-corrected chi connectivity index (χ4v) is 1.96. The second-order valence-electron chi connectivity index (χ2n) is 3.46. The van der Waals surface area contributed by atoms with E-state index >= 15 is 0 Å². The van der Waals surface area contributed by atoms with Crippen LogP contribution in [0.2, 0.25) is 0 Å². The monoisotopic (exact) mass is 232 g/mol. The van der Waals surface area contributed by atoms with Crippen LogP contribution in [0.3, 0.4) is 0 Å². The highest BCUT2D eigenvalue weighted by atomic mass is 32.2. The molecular formula is C12H12N2OS. The molecule has 0 radical (unpaired) electrons. The lowest BCUT2D eigenvalue weighted by Crippen LogP contribution is -2.01. The van der Waals surface area contributed by atoms with Crippen molar-refractivity contribution in [3.8, 4) is 11.1 Å². The van der Waals surface area contributed by atoms with E-state index in [-0.39, 0.29) is 0 Å². The lowest BCUT2D eigenvalue weighted by atomic mass is 10.1. The Labute approximate surface area is 96.9 Å². The second kappa shape index (κ2) is 4.55. The highest BCUT2D eigenvalue weighted by molar-refractivity contribution is 7.82. The van der Waals surface area contributed by atoms with Gasteiger partial charge in [0.2, 0.25) is 0 Å². The Morgan fingerprint density at radius 2 is 1.88 bits per heavy atom. The van der Waals surface area contributed by atoms with Crippen LogP contribution >= 0.6 is 0 Å². The standard InChI is InChI=1S/C12H12N2OS/c1-9-12(3-2-8-14-9)10-4-6-11(7-5-10)16(13)15/h2-8H,13H2,1H3. The Morgan fingerprint density at radius 1 is 1.19 bits per heavy atom. The minimum atomic E-state index is -1.41. The summed E-state index contributed by atoms with van der Waals surface area (Å²) in [5, 5.41) is 5.29. The van der Waals surface area contributed by atoms with Gasteiger partial charge in [0.25, 0.3) is 0 Å². The summed E-state index contributed by atoms with van der Waals surface area (Å²) in [4.78, 5) is 4.86. The van der Waals surface area contributed by atoms with Gasteiger partial charge in [0.15, 0.2) is 0 Å². The van der Waals surface area contributed by atoms with E-state index in [0.29, 0.717) is 4.90 Å². The highest BCUT2D eigenvalue weighted by Gasteiger charge is 2.03. The van der Waals surface area contributed by atoms with Gasteiger partial charge in [-0.25, -0.2) is 9.35 Å². The number of aromatic nitrogens is 1. The van der Waals surface area contributed by atoms with Gasteiger partial charge in [-0.2, -0.15) is 0 Å². The summed E-state index contributed by atoms with van der Waals surface area (Å²) >= 11 is 0. The predicted molar refractivity (Wildman–Crippen MR) is 65.0 cm³/mol. The average Bonchev–Trinajstić information content (AvgIpc) is 2.30. The van der Waals surface area contributed by atoms with Gasteiger partial charge in [-0.1, -0.05) is 18.2 Å². The van der Waals surface area contributed by atoms with Crippen molar-refractivity contribution < 1.29 is 4.21 Å². The van der Waals surface area contributed by atoms with Crippen LogP contribution in [-0.2, 0) is 11.0 Å². The van der Waals surface area contributed by atoms with Gasteiger partial charge in [0.1, 0.15) is 11.0 Å². The first-order valence-electron chi connectivity index (χ1n) is 4.87. The van der Waals surface area contributed by atoms with Crippen molar-refractivity contribution in [2.24, 2.45) is 5.14 Å². The molecule has 0 amide bonds. The van der Waals surface area contributed by atoms with Crippen molar-refractivity contribution >= 4 is 11.0 Å². The first-order valence-corrected chi connectivity index (χ1v) is 6.08. The molecule has 1 aromatic heterocycles. The molecule has 3 nitrogen and oxygen atoms in total. The van der Waals surface area contributed by atoms with Crippen molar-refractivity contribution in [1.82, 2.24) is 4.98 Å². The van der Waals surface area contributed by atoms with Gasteiger partial charge in [-0.3, -0.25) is 4.98 Å². The summed E-state index contributed by atoms with van der Waals surface area (Å²) in [7, 11) is -1.41. The average molecular weight is 232 g/mol. The van der Waals surface area contributed by atoms with Crippen LogP contribution in [-0.4, -0.2) is 9.19 Å². The van der Waals surface area contributed by atoms with E-state index in [1.165, 1.54) is 0 Å². The van der Waals surface area contributed by atoms with Crippen LogP contribution in [0.25, 0.3) is 11.1 Å². The third-order valence-electron chi connectivity index (χ3n) is 2.40. The molecule has 16 heavy (non-hydrogen) atoms. The maximum atomic E-state index is 11.0. The third-order valence-corrected chi connectivity index (χ3v) is 3.14. The van der Waals surface area contributed by atoms with Crippen molar-refractivity contribution in [2.45, 2.75) is 11.8 Å². The van der Waals surface area contributed by atoms with Crippen molar-refractivity contribution in [3.05, 3.63) is 48.3 Å². The highest BCUT2D eigenvalue weighted by Crippen LogP contribution is 2.22. The molecule has 0 aliphatic heterocycles. The Balaban J connectivity index is 2.43. The molecule has 0 bridgehead atoms. The Bertz CT molecular complexity index is 523. The quantitative estimate of drug-likeness (QED) is 0.861. The SMILES string of the molecule is Cc1ncccc1-c1ccc(S(N)=O)cc1. The molecule has 0 spiro atoms. The number of rotatable bonds is 2.